The Morgan fingerprint density at radius 1 is 1.10 bits per heavy atom. The van der Waals surface area contributed by atoms with Crippen molar-refractivity contribution in [2.45, 2.75) is 6.54 Å². The second-order valence-electron chi connectivity index (χ2n) is 6.80. The molecule has 0 bridgehead atoms. The van der Waals surface area contributed by atoms with Crippen molar-refractivity contribution < 1.29 is 9.53 Å². The Kier molecular flexibility index (Phi) is 6.02. The largest absolute Gasteiger partial charge is 0.497 e. The molecule has 8 heteroatoms. The van der Waals surface area contributed by atoms with Gasteiger partial charge in [0.15, 0.2) is 0 Å². The first kappa shape index (κ1) is 19.4. The Morgan fingerprint density at radius 2 is 1.83 bits per heavy atom. The van der Waals surface area contributed by atoms with E-state index in [2.05, 4.69) is 20.6 Å². The summed E-state index contributed by atoms with van der Waals surface area (Å²) in [6.45, 7) is 3.86. The number of carbonyl (C=O) groups is 1. The number of piperazine rings is 1. The molecule has 3 heterocycles. The zero-order valence-electron chi connectivity index (χ0n) is 16.2. The molecule has 150 valence electrons. The Bertz CT molecular complexity index is 937. The van der Waals surface area contributed by atoms with Crippen LogP contribution in [0.25, 0.3) is 10.6 Å². The van der Waals surface area contributed by atoms with Crippen molar-refractivity contribution >= 4 is 23.1 Å². The number of urea groups is 1. The zero-order chi connectivity index (χ0) is 20.1. The molecule has 1 saturated heterocycles. The third-order valence-corrected chi connectivity index (χ3v) is 5.81. The molecular weight excluding hydrogens is 386 g/mol. The van der Waals surface area contributed by atoms with E-state index in [4.69, 9.17) is 9.72 Å². The van der Waals surface area contributed by atoms with Gasteiger partial charge in [0.2, 0.25) is 0 Å². The fraction of sp³-hybridized carbons (Fsp3) is 0.286. The van der Waals surface area contributed by atoms with E-state index >= 15 is 0 Å². The van der Waals surface area contributed by atoms with Gasteiger partial charge in [0, 0.05) is 61.7 Å². The maximum Gasteiger partial charge on any atom is 0.321 e. The standard InChI is InChI=1S/C21H23N5O2S/c1-28-19-4-2-16(3-5-19)20-23-18(15-29-20)14-25-10-12-26(13-11-25)21(27)24-17-6-8-22-9-7-17/h2-9,15H,10-14H2,1H3,(H,22,24,27). The molecule has 1 aromatic carbocycles. The van der Waals surface area contributed by atoms with Gasteiger partial charge in [-0.15, -0.1) is 11.3 Å². The van der Waals surface area contributed by atoms with Crippen molar-refractivity contribution in [1.29, 1.82) is 0 Å². The van der Waals surface area contributed by atoms with Gasteiger partial charge in [-0.2, -0.15) is 0 Å². The molecule has 0 aliphatic carbocycles. The molecule has 2 amide bonds. The number of carbonyl (C=O) groups excluding carboxylic acids is 1. The number of hydrogen-bond acceptors (Lipinski definition) is 6. The van der Waals surface area contributed by atoms with Crippen molar-refractivity contribution in [3.63, 3.8) is 0 Å². The van der Waals surface area contributed by atoms with Gasteiger partial charge >= 0.3 is 6.03 Å². The molecule has 0 spiro atoms. The van der Waals surface area contributed by atoms with Crippen LogP contribution in [0, 0.1) is 0 Å². The van der Waals surface area contributed by atoms with E-state index < -0.39 is 0 Å². The Hall–Kier alpha value is -2.97. The number of benzene rings is 1. The SMILES string of the molecule is COc1ccc(-c2nc(CN3CCN(C(=O)Nc4ccncc4)CC3)cs2)cc1. The van der Waals surface area contributed by atoms with Crippen LogP contribution in [-0.4, -0.2) is 59.1 Å². The van der Waals surface area contributed by atoms with Gasteiger partial charge in [-0.3, -0.25) is 9.88 Å². The van der Waals surface area contributed by atoms with E-state index in [1.165, 1.54) is 0 Å². The lowest BCUT2D eigenvalue weighted by Gasteiger charge is -2.34. The smallest absolute Gasteiger partial charge is 0.321 e. The first-order valence-corrected chi connectivity index (χ1v) is 10.4. The van der Waals surface area contributed by atoms with Gasteiger partial charge in [-0.25, -0.2) is 9.78 Å². The molecule has 0 radical (unpaired) electrons. The van der Waals surface area contributed by atoms with Crippen LogP contribution >= 0.6 is 11.3 Å². The van der Waals surface area contributed by atoms with Crippen LogP contribution in [-0.2, 0) is 6.54 Å². The molecule has 1 N–H and O–H groups in total. The summed E-state index contributed by atoms with van der Waals surface area (Å²) in [5, 5.41) is 6.04. The maximum absolute atomic E-state index is 12.4. The molecule has 0 saturated carbocycles. The van der Waals surface area contributed by atoms with Gasteiger partial charge < -0.3 is 15.0 Å². The summed E-state index contributed by atoms with van der Waals surface area (Å²) in [4.78, 5) is 25.3. The van der Waals surface area contributed by atoms with Crippen LogP contribution in [0.4, 0.5) is 10.5 Å². The highest BCUT2D eigenvalue weighted by molar-refractivity contribution is 7.13. The molecule has 1 fully saturated rings. The van der Waals surface area contributed by atoms with Crippen molar-refractivity contribution in [3.8, 4) is 16.3 Å². The summed E-state index contributed by atoms with van der Waals surface area (Å²) in [6.07, 6.45) is 3.34. The summed E-state index contributed by atoms with van der Waals surface area (Å²) in [6, 6.07) is 11.5. The average Bonchev–Trinajstić information content (AvgIpc) is 3.23. The molecule has 29 heavy (non-hydrogen) atoms. The number of nitrogens with zero attached hydrogens (tertiary/aromatic N) is 4. The molecule has 2 aromatic heterocycles. The number of hydrogen-bond donors (Lipinski definition) is 1. The molecule has 1 aliphatic rings. The van der Waals surface area contributed by atoms with E-state index in [9.17, 15) is 4.79 Å². The first-order chi connectivity index (χ1) is 14.2. The van der Waals surface area contributed by atoms with Crippen molar-refractivity contribution in [3.05, 3.63) is 59.9 Å². The lowest BCUT2D eigenvalue weighted by atomic mass is 10.2. The van der Waals surface area contributed by atoms with E-state index in [1.807, 2.05) is 29.2 Å². The highest BCUT2D eigenvalue weighted by atomic mass is 32.1. The van der Waals surface area contributed by atoms with Gasteiger partial charge in [-0.05, 0) is 36.4 Å². The summed E-state index contributed by atoms with van der Waals surface area (Å²) in [5.74, 6) is 0.844. The van der Waals surface area contributed by atoms with Gasteiger partial charge in [0.25, 0.3) is 0 Å². The molecule has 3 aromatic rings. The molecular formula is C21H23N5O2S. The lowest BCUT2D eigenvalue weighted by Crippen LogP contribution is -2.49. The van der Waals surface area contributed by atoms with Crippen molar-refractivity contribution in [2.75, 3.05) is 38.6 Å². The number of pyridine rings is 1. The van der Waals surface area contributed by atoms with Gasteiger partial charge in [-0.1, -0.05) is 0 Å². The second-order valence-corrected chi connectivity index (χ2v) is 7.66. The third kappa shape index (κ3) is 4.90. The van der Waals surface area contributed by atoms with Crippen LogP contribution in [0.2, 0.25) is 0 Å². The molecule has 0 atom stereocenters. The van der Waals surface area contributed by atoms with Crippen LogP contribution < -0.4 is 10.1 Å². The summed E-state index contributed by atoms with van der Waals surface area (Å²) in [5.41, 5.74) is 2.93. The van der Waals surface area contributed by atoms with Crippen LogP contribution in [0.3, 0.4) is 0 Å². The summed E-state index contributed by atoms with van der Waals surface area (Å²) in [7, 11) is 1.67. The first-order valence-electron chi connectivity index (χ1n) is 9.48. The van der Waals surface area contributed by atoms with E-state index in [0.29, 0.717) is 13.1 Å². The maximum atomic E-state index is 12.4. The van der Waals surface area contributed by atoms with Crippen LogP contribution in [0.5, 0.6) is 5.75 Å². The highest BCUT2D eigenvalue weighted by Gasteiger charge is 2.21. The molecule has 0 unspecified atom stereocenters. The van der Waals surface area contributed by atoms with Crippen LogP contribution in [0.15, 0.2) is 54.2 Å². The highest BCUT2D eigenvalue weighted by Crippen LogP contribution is 2.26. The van der Waals surface area contributed by atoms with Gasteiger partial charge in [0.1, 0.15) is 10.8 Å². The minimum Gasteiger partial charge on any atom is -0.497 e. The normalized spacial score (nSPS) is 14.6. The number of rotatable bonds is 5. The Balaban J connectivity index is 1.28. The quantitative estimate of drug-likeness (QED) is 0.698. The zero-order valence-corrected chi connectivity index (χ0v) is 17.1. The summed E-state index contributed by atoms with van der Waals surface area (Å²) < 4.78 is 5.21. The van der Waals surface area contributed by atoms with Crippen molar-refractivity contribution in [1.82, 2.24) is 19.8 Å². The number of nitrogens with one attached hydrogen (secondary N) is 1. The number of amides is 2. The number of thiazole rings is 1. The number of ether oxygens (including phenoxy) is 1. The van der Waals surface area contributed by atoms with E-state index in [-0.39, 0.29) is 6.03 Å². The fourth-order valence-corrected chi connectivity index (χ4v) is 4.04. The van der Waals surface area contributed by atoms with Crippen LogP contribution in [0.1, 0.15) is 5.69 Å². The molecule has 1 aliphatic heterocycles. The number of anilines is 1. The van der Waals surface area contributed by atoms with Gasteiger partial charge in [0.05, 0.1) is 12.8 Å². The Labute approximate surface area is 174 Å². The summed E-state index contributed by atoms with van der Waals surface area (Å²) >= 11 is 1.65. The monoisotopic (exact) mass is 409 g/mol. The van der Waals surface area contributed by atoms with Crippen molar-refractivity contribution in [2.24, 2.45) is 0 Å². The fourth-order valence-electron chi connectivity index (χ4n) is 3.22. The predicted molar refractivity (Wildman–Crippen MR) is 114 cm³/mol. The molecule has 4 rings (SSSR count). The average molecular weight is 410 g/mol. The number of methoxy groups -OCH3 is 1. The minimum absolute atomic E-state index is 0.0636. The number of aromatic nitrogens is 2. The Morgan fingerprint density at radius 3 is 2.52 bits per heavy atom. The minimum atomic E-state index is -0.0636. The molecule has 7 nitrogen and oxygen atoms in total. The topological polar surface area (TPSA) is 70.6 Å². The van der Waals surface area contributed by atoms with E-state index in [0.717, 1.165) is 47.3 Å². The third-order valence-electron chi connectivity index (χ3n) is 4.87. The van der Waals surface area contributed by atoms with E-state index in [1.54, 1.807) is 43.0 Å². The predicted octanol–water partition coefficient (Wildman–Crippen LogP) is 3.56. The second kappa shape index (κ2) is 9.02. The lowest BCUT2D eigenvalue weighted by molar-refractivity contribution is 0.142.